The molecule has 1 heterocycles. The van der Waals surface area contributed by atoms with Crippen molar-refractivity contribution in [3.8, 4) is 0 Å². The highest BCUT2D eigenvalue weighted by Gasteiger charge is 2.09. The normalized spacial score (nSPS) is 12.5. The van der Waals surface area contributed by atoms with Crippen LogP contribution in [0.4, 0.5) is 0 Å². The Kier molecular flexibility index (Phi) is 4.23. The Hall–Kier alpha value is -1.43. The quantitative estimate of drug-likeness (QED) is 0.707. The molecule has 1 aromatic rings. The lowest BCUT2D eigenvalue weighted by atomic mass is 10.2. The monoisotopic (exact) mass is 213 g/mol. The zero-order valence-corrected chi connectivity index (χ0v) is 8.86. The molecule has 1 atom stereocenters. The molecule has 0 aliphatic rings. The average molecular weight is 213 g/mol. The summed E-state index contributed by atoms with van der Waals surface area (Å²) in [6, 6.07) is -0.220. The zero-order valence-electron chi connectivity index (χ0n) is 8.86. The number of rotatable bonds is 5. The lowest BCUT2D eigenvalue weighted by Crippen LogP contribution is -2.35. The highest BCUT2D eigenvalue weighted by Crippen LogP contribution is 1.99. The fourth-order valence-electron chi connectivity index (χ4n) is 1.05. The molecule has 1 amide bonds. The van der Waals surface area contributed by atoms with E-state index in [2.05, 4.69) is 15.5 Å². The average Bonchev–Trinajstić information content (AvgIpc) is 2.61. The number of aliphatic hydroxyl groups is 1. The first-order chi connectivity index (χ1) is 7.11. The number of carbonyl (C=O) groups is 1. The molecule has 6 heteroatoms. The molecule has 0 aliphatic carbocycles. The third kappa shape index (κ3) is 4.07. The van der Waals surface area contributed by atoms with Gasteiger partial charge >= 0.3 is 0 Å². The number of carbonyl (C=O) groups excluding carboxylic acids is 1. The summed E-state index contributed by atoms with van der Waals surface area (Å²) in [5, 5.41) is 15.0. The van der Waals surface area contributed by atoms with Crippen LogP contribution >= 0.6 is 0 Å². The summed E-state index contributed by atoms with van der Waals surface area (Å²) in [6.07, 6.45) is 0.705. The van der Waals surface area contributed by atoms with Crippen LogP contribution in [0.15, 0.2) is 4.52 Å². The molecular formula is C9H15N3O3. The van der Waals surface area contributed by atoms with Crippen LogP contribution in [-0.4, -0.2) is 33.8 Å². The Morgan fingerprint density at radius 3 is 2.93 bits per heavy atom. The van der Waals surface area contributed by atoms with Crippen molar-refractivity contribution in [1.82, 2.24) is 15.5 Å². The van der Waals surface area contributed by atoms with Crippen molar-refractivity contribution in [2.75, 3.05) is 6.61 Å². The Labute approximate surface area is 87.7 Å². The molecule has 1 rings (SSSR count). The lowest BCUT2D eigenvalue weighted by Gasteiger charge is -2.09. The van der Waals surface area contributed by atoms with Gasteiger partial charge in [-0.1, -0.05) is 5.16 Å². The van der Waals surface area contributed by atoms with E-state index < -0.39 is 0 Å². The van der Waals surface area contributed by atoms with Crippen LogP contribution in [0, 0.1) is 6.92 Å². The van der Waals surface area contributed by atoms with Gasteiger partial charge in [0.2, 0.25) is 11.8 Å². The van der Waals surface area contributed by atoms with Crippen molar-refractivity contribution >= 4 is 5.91 Å². The Balaban J connectivity index is 2.28. The first-order valence-corrected chi connectivity index (χ1v) is 4.81. The minimum absolute atomic E-state index is 0.0641. The number of aromatic nitrogens is 2. The number of aliphatic hydroxyl groups excluding tert-OH is 1. The molecular weight excluding hydrogens is 198 g/mol. The largest absolute Gasteiger partial charge is 0.394 e. The van der Waals surface area contributed by atoms with Crippen molar-refractivity contribution in [3.05, 3.63) is 11.7 Å². The minimum atomic E-state index is -0.220. The van der Waals surface area contributed by atoms with Crippen LogP contribution in [0.5, 0.6) is 0 Å². The van der Waals surface area contributed by atoms with E-state index in [0.717, 1.165) is 0 Å². The van der Waals surface area contributed by atoms with E-state index in [1.807, 2.05) is 0 Å². The summed E-state index contributed by atoms with van der Waals surface area (Å²) in [5.74, 6) is 0.890. The van der Waals surface area contributed by atoms with E-state index in [1.165, 1.54) is 0 Å². The predicted octanol–water partition coefficient (Wildman–Crippen LogP) is -0.192. The van der Waals surface area contributed by atoms with Crippen molar-refractivity contribution in [1.29, 1.82) is 0 Å². The summed E-state index contributed by atoms with van der Waals surface area (Å²) in [6.45, 7) is 3.39. The Morgan fingerprint density at radius 2 is 2.40 bits per heavy atom. The van der Waals surface area contributed by atoms with E-state index in [9.17, 15) is 4.79 Å². The van der Waals surface area contributed by atoms with E-state index in [4.69, 9.17) is 9.63 Å². The highest BCUT2D eigenvalue weighted by atomic mass is 16.5. The molecule has 0 aromatic carbocycles. The molecule has 0 saturated carbocycles. The molecule has 6 nitrogen and oxygen atoms in total. The van der Waals surface area contributed by atoms with Gasteiger partial charge in [0, 0.05) is 18.9 Å². The minimum Gasteiger partial charge on any atom is -0.394 e. The molecule has 2 N–H and O–H groups in total. The van der Waals surface area contributed by atoms with Gasteiger partial charge < -0.3 is 14.9 Å². The third-order valence-electron chi connectivity index (χ3n) is 1.82. The second-order valence-corrected chi connectivity index (χ2v) is 3.39. The molecule has 0 aliphatic heterocycles. The molecule has 0 saturated heterocycles. The van der Waals surface area contributed by atoms with Crippen LogP contribution < -0.4 is 5.32 Å². The maximum absolute atomic E-state index is 11.3. The maximum Gasteiger partial charge on any atom is 0.227 e. The SMILES string of the molecule is Cc1noc(CCC(=O)NC(C)CO)n1. The number of aryl methyl sites for hydroxylation is 2. The van der Waals surface area contributed by atoms with Crippen molar-refractivity contribution in [2.24, 2.45) is 0 Å². The Bertz CT molecular complexity index is 324. The number of amides is 1. The van der Waals surface area contributed by atoms with Gasteiger partial charge in [0.05, 0.1) is 6.61 Å². The molecule has 0 radical (unpaired) electrons. The van der Waals surface area contributed by atoms with Gasteiger partial charge in [0.1, 0.15) is 0 Å². The first kappa shape index (κ1) is 11.6. The van der Waals surface area contributed by atoms with E-state index in [0.29, 0.717) is 18.1 Å². The predicted molar refractivity (Wildman–Crippen MR) is 52.0 cm³/mol. The van der Waals surface area contributed by atoms with Gasteiger partial charge in [-0.25, -0.2) is 0 Å². The van der Waals surface area contributed by atoms with Gasteiger partial charge in [-0.2, -0.15) is 4.98 Å². The molecule has 1 unspecified atom stereocenters. The standard InChI is InChI=1S/C9H15N3O3/c1-6(5-13)10-8(14)3-4-9-11-7(2)12-15-9/h6,13H,3-5H2,1-2H3,(H,10,14). The second-order valence-electron chi connectivity index (χ2n) is 3.39. The van der Waals surface area contributed by atoms with E-state index in [-0.39, 0.29) is 25.0 Å². The third-order valence-corrected chi connectivity index (χ3v) is 1.82. The molecule has 1 aromatic heterocycles. The zero-order chi connectivity index (χ0) is 11.3. The molecule has 0 fully saturated rings. The number of hydrogen-bond donors (Lipinski definition) is 2. The van der Waals surface area contributed by atoms with Gasteiger partial charge in [-0.05, 0) is 13.8 Å². The topological polar surface area (TPSA) is 88.2 Å². The van der Waals surface area contributed by atoms with Crippen LogP contribution in [0.25, 0.3) is 0 Å². The van der Waals surface area contributed by atoms with Crippen LogP contribution in [0.2, 0.25) is 0 Å². The number of nitrogens with zero attached hydrogens (tertiary/aromatic N) is 2. The van der Waals surface area contributed by atoms with Gasteiger partial charge in [-0.15, -0.1) is 0 Å². The summed E-state index contributed by atoms with van der Waals surface area (Å²) < 4.78 is 4.86. The van der Waals surface area contributed by atoms with Crippen LogP contribution in [0.3, 0.4) is 0 Å². The fraction of sp³-hybridized carbons (Fsp3) is 0.667. The molecule has 84 valence electrons. The number of nitrogens with one attached hydrogen (secondary N) is 1. The number of hydrogen-bond acceptors (Lipinski definition) is 5. The molecule has 15 heavy (non-hydrogen) atoms. The second kappa shape index (κ2) is 5.45. The van der Waals surface area contributed by atoms with Gasteiger partial charge in [0.25, 0.3) is 0 Å². The molecule has 0 spiro atoms. The summed E-state index contributed by atoms with van der Waals surface area (Å²) in [7, 11) is 0. The maximum atomic E-state index is 11.3. The lowest BCUT2D eigenvalue weighted by molar-refractivity contribution is -0.122. The van der Waals surface area contributed by atoms with Crippen molar-refractivity contribution in [2.45, 2.75) is 32.7 Å². The first-order valence-electron chi connectivity index (χ1n) is 4.81. The summed E-state index contributed by atoms with van der Waals surface area (Å²) in [4.78, 5) is 15.3. The Morgan fingerprint density at radius 1 is 1.67 bits per heavy atom. The van der Waals surface area contributed by atoms with E-state index >= 15 is 0 Å². The fourth-order valence-corrected chi connectivity index (χ4v) is 1.05. The van der Waals surface area contributed by atoms with Crippen molar-refractivity contribution < 1.29 is 14.4 Å². The summed E-state index contributed by atoms with van der Waals surface area (Å²) in [5.41, 5.74) is 0. The van der Waals surface area contributed by atoms with E-state index in [1.54, 1.807) is 13.8 Å². The van der Waals surface area contributed by atoms with Gasteiger partial charge in [0.15, 0.2) is 5.82 Å². The van der Waals surface area contributed by atoms with Crippen molar-refractivity contribution in [3.63, 3.8) is 0 Å². The van der Waals surface area contributed by atoms with Gasteiger partial charge in [-0.3, -0.25) is 4.79 Å². The summed E-state index contributed by atoms with van der Waals surface area (Å²) >= 11 is 0. The van der Waals surface area contributed by atoms with Crippen LogP contribution in [-0.2, 0) is 11.2 Å². The highest BCUT2D eigenvalue weighted by molar-refractivity contribution is 5.76. The van der Waals surface area contributed by atoms with Crippen LogP contribution in [0.1, 0.15) is 25.1 Å². The smallest absolute Gasteiger partial charge is 0.227 e. The molecule has 0 bridgehead atoms.